The molecule has 0 unspecified atom stereocenters. The van der Waals surface area contributed by atoms with Crippen LogP contribution in [0, 0.1) is 5.82 Å². The summed E-state index contributed by atoms with van der Waals surface area (Å²) in [6.45, 7) is 0.526. The SMILES string of the molecule is O=C(NCCS(=O)(=O)c1ccc(F)cc1)N1CCN(c2ccccc2)C(=O)C1. The lowest BCUT2D eigenvalue weighted by Crippen LogP contribution is -2.55. The standard InChI is InChI=1S/C19H20FN3O4S/c20-15-6-8-17(9-7-15)28(26,27)13-10-21-19(25)22-11-12-23(18(24)14-22)16-4-2-1-3-5-16/h1-9H,10-14H2,(H,21,25). The van der Waals surface area contributed by atoms with Gasteiger partial charge < -0.3 is 15.1 Å². The molecule has 0 atom stereocenters. The van der Waals surface area contributed by atoms with E-state index in [1.165, 1.54) is 17.0 Å². The Kier molecular flexibility index (Phi) is 5.93. The van der Waals surface area contributed by atoms with Gasteiger partial charge in [0.1, 0.15) is 12.4 Å². The number of para-hydroxylation sites is 1. The van der Waals surface area contributed by atoms with Crippen LogP contribution in [-0.4, -0.2) is 57.2 Å². The molecule has 2 aromatic carbocycles. The van der Waals surface area contributed by atoms with Gasteiger partial charge in [0, 0.05) is 25.3 Å². The molecule has 2 aromatic rings. The zero-order valence-electron chi connectivity index (χ0n) is 15.0. The monoisotopic (exact) mass is 405 g/mol. The number of carbonyl (C=O) groups is 2. The minimum absolute atomic E-state index is 0.00481. The average Bonchev–Trinajstić information content (AvgIpc) is 2.68. The zero-order valence-corrected chi connectivity index (χ0v) is 15.9. The van der Waals surface area contributed by atoms with Gasteiger partial charge in [-0.3, -0.25) is 4.79 Å². The number of hydrogen-bond donors (Lipinski definition) is 1. The van der Waals surface area contributed by atoms with Gasteiger partial charge in [-0.05, 0) is 36.4 Å². The fraction of sp³-hybridized carbons (Fsp3) is 0.263. The van der Waals surface area contributed by atoms with Gasteiger partial charge in [-0.1, -0.05) is 18.2 Å². The number of nitrogens with zero attached hydrogens (tertiary/aromatic N) is 2. The second kappa shape index (κ2) is 8.39. The lowest BCUT2D eigenvalue weighted by atomic mass is 10.2. The Hall–Kier alpha value is -2.94. The summed E-state index contributed by atoms with van der Waals surface area (Å²) in [5.74, 6) is -1.04. The summed E-state index contributed by atoms with van der Waals surface area (Å²) in [5.41, 5.74) is 0.776. The van der Waals surface area contributed by atoms with Crippen molar-refractivity contribution >= 4 is 27.5 Å². The fourth-order valence-electron chi connectivity index (χ4n) is 2.89. The Morgan fingerprint density at radius 3 is 2.36 bits per heavy atom. The molecule has 1 aliphatic rings. The normalized spacial score (nSPS) is 14.8. The number of benzene rings is 2. The lowest BCUT2D eigenvalue weighted by Gasteiger charge is -2.34. The molecule has 1 N–H and O–H groups in total. The molecule has 28 heavy (non-hydrogen) atoms. The maximum atomic E-state index is 12.9. The zero-order chi connectivity index (χ0) is 20.1. The van der Waals surface area contributed by atoms with Crippen LogP contribution >= 0.6 is 0 Å². The van der Waals surface area contributed by atoms with Gasteiger partial charge in [-0.2, -0.15) is 0 Å². The molecule has 7 nitrogen and oxygen atoms in total. The highest BCUT2D eigenvalue weighted by Crippen LogP contribution is 2.16. The first kappa shape index (κ1) is 19.8. The number of halogens is 1. The van der Waals surface area contributed by atoms with Gasteiger partial charge in [-0.15, -0.1) is 0 Å². The van der Waals surface area contributed by atoms with Crippen molar-refractivity contribution in [3.05, 3.63) is 60.4 Å². The Bertz CT molecular complexity index is 949. The van der Waals surface area contributed by atoms with Gasteiger partial charge in [-0.25, -0.2) is 17.6 Å². The van der Waals surface area contributed by atoms with Crippen molar-refractivity contribution in [3.8, 4) is 0 Å². The summed E-state index contributed by atoms with van der Waals surface area (Å²) in [7, 11) is -3.63. The molecular formula is C19H20FN3O4S. The predicted octanol–water partition coefficient (Wildman–Crippen LogP) is 1.66. The summed E-state index contributed by atoms with van der Waals surface area (Å²) < 4.78 is 37.3. The van der Waals surface area contributed by atoms with E-state index in [4.69, 9.17) is 0 Å². The number of anilines is 1. The average molecular weight is 405 g/mol. The Morgan fingerprint density at radius 1 is 1.04 bits per heavy atom. The largest absolute Gasteiger partial charge is 0.337 e. The molecule has 0 aromatic heterocycles. The molecule has 0 bridgehead atoms. The highest BCUT2D eigenvalue weighted by molar-refractivity contribution is 7.91. The molecule has 1 aliphatic heterocycles. The number of amides is 3. The molecule has 0 saturated carbocycles. The minimum atomic E-state index is -3.63. The van der Waals surface area contributed by atoms with Crippen LogP contribution in [0.2, 0.25) is 0 Å². The summed E-state index contributed by atoms with van der Waals surface area (Å²) in [6.07, 6.45) is 0. The number of piperazine rings is 1. The van der Waals surface area contributed by atoms with Crippen LogP contribution < -0.4 is 10.2 Å². The van der Waals surface area contributed by atoms with E-state index in [1.807, 2.05) is 30.3 Å². The van der Waals surface area contributed by atoms with Crippen LogP contribution in [0.25, 0.3) is 0 Å². The van der Waals surface area contributed by atoms with Crippen molar-refractivity contribution in [2.45, 2.75) is 4.90 Å². The summed E-state index contributed by atoms with van der Waals surface area (Å²) >= 11 is 0. The van der Waals surface area contributed by atoms with Crippen molar-refractivity contribution in [2.24, 2.45) is 0 Å². The van der Waals surface area contributed by atoms with E-state index >= 15 is 0 Å². The third-order valence-electron chi connectivity index (χ3n) is 4.40. The van der Waals surface area contributed by atoms with E-state index in [0.717, 1.165) is 17.8 Å². The molecule has 0 radical (unpaired) electrons. The van der Waals surface area contributed by atoms with Crippen LogP contribution in [0.3, 0.4) is 0 Å². The molecule has 1 heterocycles. The number of hydrogen-bond acceptors (Lipinski definition) is 4. The van der Waals surface area contributed by atoms with E-state index in [0.29, 0.717) is 13.1 Å². The van der Waals surface area contributed by atoms with Crippen molar-refractivity contribution in [1.82, 2.24) is 10.2 Å². The third-order valence-corrected chi connectivity index (χ3v) is 6.13. The van der Waals surface area contributed by atoms with Crippen LogP contribution in [-0.2, 0) is 14.6 Å². The van der Waals surface area contributed by atoms with Gasteiger partial charge in [0.05, 0.1) is 10.6 Å². The van der Waals surface area contributed by atoms with E-state index in [1.54, 1.807) is 4.90 Å². The second-order valence-corrected chi connectivity index (χ2v) is 8.42. The van der Waals surface area contributed by atoms with Gasteiger partial charge >= 0.3 is 6.03 Å². The fourth-order valence-corrected chi connectivity index (χ4v) is 4.05. The maximum Gasteiger partial charge on any atom is 0.317 e. The molecule has 1 saturated heterocycles. The number of sulfone groups is 1. The first-order valence-electron chi connectivity index (χ1n) is 8.73. The smallest absolute Gasteiger partial charge is 0.317 e. The molecule has 1 fully saturated rings. The van der Waals surface area contributed by atoms with Crippen molar-refractivity contribution < 1.29 is 22.4 Å². The summed E-state index contributed by atoms with van der Waals surface area (Å²) in [6, 6.07) is 13.2. The van der Waals surface area contributed by atoms with Crippen molar-refractivity contribution in [3.63, 3.8) is 0 Å². The molecule has 148 valence electrons. The van der Waals surface area contributed by atoms with Crippen LogP contribution in [0.1, 0.15) is 0 Å². The van der Waals surface area contributed by atoms with E-state index < -0.39 is 21.7 Å². The topological polar surface area (TPSA) is 86.8 Å². The molecule has 3 rings (SSSR count). The Morgan fingerprint density at radius 2 is 1.71 bits per heavy atom. The second-order valence-electron chi connectivity index (χ2n) is 6.31. The molecular weight excluding hydrogens is 385 g/mol. The van der Waals surface area contributed by atoms with Crippen LogP contribution in [0.15, 0.2) is 59.5 Å². The predicted molar refractivity (Wildman–Crippen MR) is 102 cm³/mol. The van der Waals surface area contributed by atoms with Crippen molar-refractivity contribution in [1.29, 1.82) is 0 Å². The summed E-state index contributed by atoms with van der Waals surface area (Å²) in [5, 5.41) is 2.53. The Balaban J connectivity index is 1.50. The molecule has 0 spiro atoms. The van der Waals surface area contributed by atoms with E-state index in [2.05, 4.69) is 5.32 Å². The Labute approximate surface area is 162 Å². The number of nitrogens with one attached hydrogen (secondary N) is 1. The highest BCUT2D eigenvalue weighted by atomic mass is 32.2. The van der Waals surface area contributed by atoms with Gasteiger partial charge in [0.25, 0.3) is 0 Å². The summed E-state index contributed by atoms with van der Waals surface area (Å²) in [4.78, 5) is 27.5. The van der Waals surface area contributed by atoms with Crippen LogP contribution in [0.5, 0.6) is 0 Å². The van der Waals surface area contributed by atoms with Crippen molar-refractivity contribution in [2.75, 3.05) is 36.8 Å². The van der Waals surface area contributed by atoms with E-state index in [-0.39, 0.29) is 29.6 Å². The number of carbonyl (C=O) groups excluding carboxylic acids is 2. The maximum absolute atomic E-state index is 12.9. The first-order valence-corrected chi connectivity index (χ1v) is 10.4. The van der Waals surface area contributed by atoms with Crippen LogP contribution in [0.4, 0.5) is 14.9 Å². The number of rotatable bonds is 5. The van der Waals surface area contributed by atoms with Gasteiger partial charge in [0.15, 0.2) is 9.84 Å². The lowest BCUT2D eigenvalue weighted by molar-refractivity contribution is -0.120. The molecule has 3 amide bonds. The first-order chi connectivity index (χ1) is 13.4. The molecule has 0 aliphatic carbocycles. The molecule has 9 heteroatoms. The quantitative estimate of drug-likeness (QED) is 0.767. The van der Waals surface area contributed by atoms with E-state index in [9.17, 15) is 22.4 Å². The van der Waals surface area contributed by atoms with Gasteiger partial charge in [0.2, 0.25) is 5.91 Å². The highest BCUT2D eigenvalue weighted by Gasteiger charge is 2.28. The number of urea groups is 1. The third kappa shape index (κ3) is 4.66. The minimum Gasteiger partial charge on any atom is -0.337 e.